The summed E-state index contributed by atoms with van der Waals surface area (Å²) < 4.78 is 11.7. The molecule has 1 atom stereocenters. The molecule has 2 heterocycles. The number of nitrogens with zero attached hydrogens (tertiary/aromatic N) is 1. The van der Waals surface area contributed by atoms with Gasteiger partial charge >= 0.3 is 0 Å². The minimum Gasteiger partial charge on any atom is -0.490 e. The second-order valence-corrected chi connectivity index (χ2v) is 8.14. The van der Waals surface area contributed by atoms with E-state index in [0.717, 1.165) is 64.0 Å². The summed E-state index contributed by atoms with van der Waals surface area (Å²) in [7, 11) is 0. The normalized spacial score (nSPS) is 23.3. The fraction of sp³-hybridized carbons (Fsp3) is 0.636. The molecule has 6 heteroatoms. The topological polar surface area (TPSA) is 67.9 Å². The molecular formula is C22H30N2O4. The molecule has 0 bridgehead atoms. The number of rotatable bonds is 6. The molecule has 1 saturated carbocycles. The highest BCUT2D eigenvalue weighted by Crippen LogP contribution is 2.32. The number of carbonyl (C=O) groups is 2. The van der Waals surface area contributed by atoms with Gasteiger partial charge in [0.05, 0.1) is 6.10 Å². The zero-order chi connectivity index (χ0) is 19.3. The summed E-state index contributed by atoms with van der Waals surface area (Å²) in [6, 6.07) is 7.32. The van der Waals surface area contributed by atoms with Gasteiger partial charge in [-0.3, -0.25) is 9.59 Å². The van der Waals surface area contributed by atoms with Crippen LogP contribution in [0.2, 0.25) is 0 Å². The highest BCUT2D eigenvalue weighted by molar-refractivity contribution is 5.94. The van der Waals surface area contributed by atoms with Crippen molar-refractivity contribution in [3.8, 4) is 5.75 Å². The Morgan fingerprint density at radius 1 is 1.04 bits per heavy atom. The maximum Gasteiger partial charge on any atom is 0.251 e. The maximum atomic E-state index is 12.3. The number of carbonyl (C=O) groups excluding carboxylic acids is 2. The molecule has 4 rings (SSSR count). The van der Waals surface area contributed by atoms with E-state index in [9.17, 15) is 9.59 Å². The van der Waals surface area contributed by atoms with Gasteiger partial charge in [0.25, 0.3) is 5.91 Å². The van der Waals surface area contributed by atoms with Gasteiger partial charge in [0.15, 0.2) is 0 Å². The zero-order valence-electron chi connectivity index (χ0n) is 16.4. The van der Waals surface area contributed by atoms with Gasteiger partial charge in [-0.1, -0.05) is 0 Å². The van der Waals surface area contributed by atoms with Crippen LogP contribution in [0, 0.1) is 5.92 Å². The summed E-state index contributed by atoms with van der Waals surface area (Å²) in [6.07, 6.45) is 7.40. The molecule has 28 heavy (non-hydrogen) atoms. The number of benzene rings is 1. The lowest BCUT2D eigenvalue weighted by molar-refractivity contribution is -0.134. The molecule has 1 unspecified atom stereocenters. The number of amides is 2. The molecule has 6 nitrogen and oxygen atoms in total. The van der Waals surface area contributed by atoms with Crippen molar-refractivity contribution in [3.63, 3.8) is 0 Å². The minimum absolute atomic E-state index is 0.0763. The Kier molecular flexibility index (Phi) is 6.15. The number of hydrogen-bond donors (Lipinski definition) is 1. The number of hydrogen-bond acceptors (Lipinski definition) is 4. The summed E-state index contributed by atoms with van der Waals surface area (Å²) in [5, 5.41) is 2.96. The van der Waals surface area contributed by atoms with Gasteiger partial charge in [-0.15, -0.1) is 0 Å². The van der Waals surface area contributed by atoms with Crippen LogP contribution in [0.15, 0.2) is 24.3 Å². The summed E-state index contributed by atoms with van der Waals surface area (Å²) in [5.41, 5.74) is 0.632. The van der Waals surface area contributed by atoms with E-state index in [1.54, 1.807) is 12.1 Å². The van der Waals surface area contributed by atoms with Gasteiger partial charge in [0.2, 0.25) is 5.91 Å². The largest absolute Gasteiger partial charge is 0.490 e. The van der Waals surface area contributed by atoms with Crippen LogP contribution in [0.25, 0.3) is 0 Å². The molecule has 1 aliphatic carbocycles. The van der Waals surface area contributed by atoms with Crippen molar-refractivity contribution in [2.75, 3.05) is 26.2 Å². The van der Waals surface area contributed by atoms with Crippen LogP contribution in [-0.2, 0) is 9.53 Å². The van der Waals surface area contributed by atoms with E-state index < -0.39 is 0 Å². The van der Waals surface area contributed by atoms with E-state index >= 15 is 0 Å². The lowest BCUT2D eigenvalue weighted by atomic mass is 10.1. The fourth-order valence-electron chi connectivity index (χ4n) is 3.94. The third-order valence-electron chi connectivity index (χ3n) is 5.86. The van der Waals surface area contributed by atoms with Crippen molar-refractivity contribution in [3.05, 3.63) is 29.8 Å². The first-order valence-electron chi connectivity index (χ1n) is 10.6. The lowest BCUT2D eigenvalue weighted by Gasteiger charge is -2.32. The molecule has 3 fully saturated rings. The average molecular weight is 386 g/mol. The highest BCUT2D eigenvalue weighted by atomic mass is 16.5. The predicted molar refractivity (Wildman–Crippen MR) is 105 cm³/mol. The minimum atomic E-state index is -0.0763. The van der Waals surface area contributed by atoms with Crippen molar-refractivity contribution in [2.24, 2.45) is 5.92 Å². The van der Waals surface area contributed by atoms with Crippen molar-refractivity contribution in [1.29, 1.82) is 0 Å². The van der Waals surface area contributed by atoms with E-state index in [-0.39, 0.29) is 18.1 Å². The Morgan fingerprint density at radius 2 is 1.79 bits per heavy atom. The Labute approximate surface area is 166 Å². The molecule has 0 radical (unpaired) electrons. The van der Waals surface area contributed by atoms with Crippen molar-refractivity contribution >= 4 is 11.8 Å². The van der Waals surface area contributed by atoms with Crippen LogP contribution in [0.3, 0.4) is 0 Å². The Morgan fingerprint density at radius 3 is 2.43 bits per heavy atom. The monoisotopic (exact) mass is 386 g/mol. The van der Waals surface area contributed by atoms with Gasteiger partial charge < -0.3 is 19.7 Å². The van der Waals surface area contributed by atoms with Gasteiger partial charge in [-0.25, -0.2) is 0 Å². The summed E-state index contributed by atoms with van der Waals surface area (Å²) in [6.45, 7) is 2.92. The van der Waals surface area contributed by atoms with E-state index in [4.69, 9.17) is 9.47 Å². The molecular weight excluding hydrogens is 356 g/mol. The average Bonchev–Trinajstić information content (AvgIpc) is 3.59. The molecule has 2 saturated heterocycles. The van der Waals surface area contributed by atoms with E-state index in [0.29, 0.717) is 23.9 Å². The highest BCUT2D eigenvalue weighted by Gasteiger charge is 2.35. The third-order valence-corrected chi connectivity index (χ3v) is 5.86. The molecule has 1 N–H and O–H groups in total. The quantitative estimate of drug-likeness (QED) is 0.816. The van der Waals surface area contributed by atoms with Gasteiger partial charge in [-0.05, 0) is 56.4 Å². The van der Waals surface area contributed by atoms with E-state index in [2.05, 4.69) is 5.32 Å². The number of piperidine rings is 1. The first kappa shape index (κ1) is 19.2. The molecule has 2 aliphatic heterocycles. The number of ether oxygens (including phenoxy) is 2. The van der Waals surface area contributed by atoms with Crippen LogP contribution in [-0.4, -0.2) is 55.2 Å². The third kappa shape index (κ3) is 5.04. The second-order valence-electron chi connectivity index (χ2n) is 8.14. The predicted octanol–water partition coefficient (Wildman–Crippen LogP) is 2.77. The Hall–Kier alpha value is -2.08. The molecule has 1 aromatic carbocycles. The Bertz CT molecular complexity index is 672. The van der Waals surface area contributed by atoms with Gasteiger partial charge in [-0.2, -0.15) is 0 Å². The molecule has 3 aliphatic rings. The fourth-order valence-corrected chi connectivity index (χ4v) is 3.94. The van der Waals surface area contributed by atoms with Crippen molar-refractivity contribution in [2.45, 2.75) is 57.2 Å². The number of nitrogens with one attached hydrogen (secondary N) is 1. The molecule has 0 spiro atoms. The van der Waals surface area contributed by atoms with Crippen LogP contribution >= 0.6 is 0 Å². The van der Waals surface area contributed by atoms with Crippen molar-refractivity contribution in [1.82, 2.24) is 10.2 Å². The van der Waals surface area contributed by atoms with E-state index in [1.807, 2.05) is 17.0 Å². The SMILES string of the molecule is O=C(NCC1CCCCO1)c1ccc(OC2CCN(C(=O)C3CC3)CC2)cc1. The van der Waals surface area contributed by atoms with Crippen LogP contribution in [0.1, 0.15) is 55.3 Å². The van der Waals surface area contributed by atoms with Crippen molar-refractivity contribution < 1.29 is 19.1 Å². The first-order chi connectivity index (χ1) is 13.7. The summed E-state index contributed by atoms with van der Waals surface area (Å²) in [5.74, 6) is 1.32. The second kappa shape index (κ2) is 8.95. The van der Waals surface area contributed by atoms with Gasteiger partial charge in [0, 0.05) is 50.6 Å². The summed E-state index contributed by atoms with van der Waals surface area (Å²) in [4.78, 5) is 26.4. The Balaban J connectivity index is 1.21. The zero-order valence-corrected chi connectivity index (χ0v) is 16.4. The molecule has 2 amide bonds. The molecule has 152 valence electrons. The van der Waals surface area contributed by atoms with Gasteiger partial charge in [0.1, 0.15) is 11.9 Å². The van der Waals surface area contributed by atoms with Crippen LogP contribution in [0.5, 0.6) is 5.75 Å². The first-order valence-corrected chi connectivity index (χ1v) is 10.6. The smallest absolute Gasteiger partial charge is 0.251 e. The number of likely N-dealkylation sites (tertiary alicyclic amines) is 1. The van der Waals surface area contributed by atoms with Crippen LogP contribution < -0.4 is 10.1 Å². The maximum absolute atomic E-state index is 12.3. The molecule has 1 aromatic rings. The standard InChI is InChI=1S/C22H30N2O4/c25-21(23-15-20-3-1-2-14-27-20)16-6-8-18(9-7-16)28-19-10-12-24(13-11-19)22(26)17-4-5-17/h6-9,17,19-20H,1-5,10-15H2,(H,23,25). The van der Waals surface area contributed by atoms with Crippen LogP contribution in [0.4, 0.5) is 0 Å². The lowest BCUT2D eigenvalue weighted by Crippen LogP contribution is -2.42. The van der Waals surface area contributed by atoms with E-state index in [1.165, 1.54) is 6.42 Å². The molecule has 0 aromatic heterocycles. The summed E-state index contributed by atoms with van der Waals surface area (Å²) >= 11 is 0.